The van der Waals surface area contributed by atoms with E-state index in [1.807, 2.05) is 44.2 Å². The van der Waals surface area contributed by atoms with Crippen LogP contribution in [-0.4, -0.2) is 17.7 Å². The van der Waals surface area contributed by atoms with E-state index >= 15 is 0 Å². The maximum atomic E-state index is 11.0. The van der Waals surface area contributed by atoms with Crippen LogP contribution < -0.4 is 0 Å². The predicted octanol–water partition coefficient (Wildman–Crippen LogP) is 2.95. The average Bonchev–Trinajstić information content (AvgIpc) is 2.28. The number of carboxylic acids is 1. The maximum Gasteiger partial charge on any atom is 0.308 e. The SMILES string of the molecule is CC(C)CC(COCc1ccccc1)C(=O)O. The number of carbonyl (C=O) groups is 1. The van der Waals surface area contributed by atoms with Crippen molar-refractivity contribution in [3.05, 3.63) is 35.9 Å². The van der Waals surface area contributed by atoms with Crippen molar-refractivity contribution in [2.45, 2.75) is 26.9 Å². The lowest BCUT2D eigenvalue weighted by molar-refractivity contribution is -0.144. The Bertz CT molecular complexity index is 333. The van der Waals surface area contributed by atoms with E-state index in [9.17, 15) is 4.79 Å². The van der Waals surface area contributed by atoms with E-state index in [2.05, 4.69) is 0 Å². The minimum atomic E-state index is -0.772. The van der Waals surface area contributed by atoms with Gasteiger partial charge in [-0.25, -0.2) is 0 Å². The molecule has 0 aliphatic rings. The summed E-state index contributed by atoms with van der Waals surface area (Å²) in [5.74, 6) is -0.804. The number of hydrogen-bond donors (Lipinski definition) is 1. The van der Waals surface area contributed by atoms with Gasteiger partial charge in [-0.3, -0.25) is 4.79 Å². The molecule has 1 rings (SSSR count). The van der Waals surface area contributed by atoms with E-state index in [1.54, 1.807) is 0 Å². The molecule has 1 atom stereocenters. The summed E-state index contributed by atoms with van der Waals surface area (Å²) in [5, 5.41) is 9.04. The van der Waals surface area contributed by atoms with Crippen molar-refractivity contribution >= 4 is 5.97 Å². The highest BCUT2D eigenvalue weighted by Crippen LogP contribution is 2.13. The molecule has 1 aromatic rings. The highest BCUT2D eigenvalue weighted by molar-refractivity contribution is 5.70. The van der Waals surface area contributed by atoms with E-state index in [-0.39, 0.29) is 6.61 Å². The largest absolute Gasteiger partial charge is 0.481 e. The standard InChI is InChI=1S/C14H20O3/c1-11(2)8-13(14(15)16)10-17-9-12-6-4-3-5-7-12/h3-7,11,13H,8-10H2,1-2H3,(H,15,16). The van der Waals surface area contributed by atoms with Crippen LogP contribution in [0.25, 0.3) is 0 Å². The number of aliphatic carboxylic acids is 1. The van der Waals surface area contributed by atoms with Gasteiger partial charge in [-0.1, -0.05) is 44.2 Å². The van der Waals surface area contributed by atoms with E-state index in [1.165, 1.54) is 0 Å². The summed E-state index contributed by atoms with van der Waals surface area (Å²) >= 11 is 0. The number of hydrogen-bond acceptors (Lipinski definition) is 2. The molecule has 3 nitrogen and oxygen atoms in total. The fourth-order valence-corrected chi connectivity index (χ4v) is 1.70. The molecule has 0 bridgehead atoms. The van der Waals surface area contributed by atoms with Crippen LogP contribution in [0.15, 0.2) is 30.3 Å². The molecule has 0 spiro atoms. The van der Waals surface area contributed by atoms with Gasteiger partial charge in [0.2, 0.25) is 0 Å². The van der Waals surface area contributed by atoms with Gasteiger partial charge in [0.1, 0.15) is 0 Å². The van der Waals surface area contributed by atoms with Crippen LogP contribution in [0.1, 0.15) is 25.8 Å². The number of carboxylic acid groups (broad SMARTS) is 1. The van der Waals surface area contributed by atoms with Gasteiger partial charge in [0, 0.05) is 0 Å². The third-order valence-electron chi connectivity index (χ3n) is 2.54. The molecule has 1 unspecified atom stereocenters. The molecule has 0 saturated heterocycles. The monoisotopic (exact) mass is 236 g/mol. The molecular formula is C14H20O3. The Morgan fingerprint density at radius 1 is 1.29 bits per heavy atom. The second kappa shape index (κ2) is 7.07. The van der Waals surface area contributed by atoms with Crippen LogP contribution in [0.2, 0.25) is 0 Å². The Labute approximate surface area is 102 Å². The van der Waals surface area contributed by atoms with Gasteiger partial charge in [-0.2, -0.15) is 0 Å². The smallest absolute Gasteiger partial charge is 0.308 e. The van der Waals surface area contributed by atoms with Gasteiger partial charge in [0.15, 0.2) is 0 Å². The topological polar surface area (TPSA) is 46.5 Å². The van der Waals surface area contributed by atoms with Crippen LogP contribution in [-0.2, 0) is 16.1 Å². The Hall–Kier alpha value is -1.35. The molecule has 0 heterocycles. The van der Waals surface area contributed by atoms with Crippen LogP contribution >= 0.6 is 0 Å². The van der Waals surface area contributed by atoms with Crippen molar-refractivity contribution in [2.24, 2.45) is 11.8 Å². The average molecular weight is 236 g/mol. The van der Waals surface area contributed by atoms with Crippen molar-refractivity contribution in [1.82, 2.24) is 0 Å². The van der Waals surface area contributed by atoms with Crippen LogP contribution in [0.5, 0.6) is 0 Å². The van der Waals surface area contributed by atoms with E-state index in [4.69, 9.17) is 9.84 Å². The fraction of sp³-hybridized carbons (Fsp3) is 0.500. The van der Waals surface area contributed by atoms with Gasteiger partial charge in [-0.05, 0) is 17.9 Å². The van der Waals surface area contributed by atoms with Crippen molar-refractivity contribution in [3.8, 4) is 0 Å². The summed E-state index contributed by atoms with van der Waals surface area (Å²) in [6.07, 6.45) is 0.657. The second-order valence-corrected chi connectivity index (χ2v) is 4.67. The molecule has 3 heteroatoms. The van der Waals surface area contributed by atoms with Gasteiger partial charge < -0.3 is 9.84 Å². The zero-order chi connectivity index (χ0) is 12.7. The predicted molar refractivity (Wildman–Crippen MR) is 66.7 cm³/mol. The Balaban J connectivity index is 2.35. The Morgan fingerprint density at radius 3 is 2.47 bits per heavy atom. The maximum absolute atomic E-state index is 11.0. The normalized spacial score (nSPS) is 12.6. The molecule has 0 amide bonds. The summed E-state index contributed by atoms with van der Waals surface area (Å²) in [7, 11) is 0. The van der Waals surface area contributed by atoms with Gasteiger partial charge in [0.05, 0.1) is 19.1 Å². The van der Waals surface area contributed by atoms with E-state index in [0.717, 1.165) is 5.56 Å². The first kappa shape index (κ1) is 13.7. The van der Waals surface area contributed by atoms with Crippen molar-refractivity contribution in [3.63, 3.8) is 0 Å². The first-order valence-corrected chi connectivity index (χ1v) is 5.94. The molecule has 17 heavy (non-hydrogen) atoms. The van der Waals surface area contributed by atoms with Gasteiger partial charge in [-0.15, -0.1) is 0 Å². The minimum Gasteiger partial charge on any atom is -0.481 e. The third-order valence-corrected chi connectivity index (χ3v) is 2.54. The highest BCUT2D eigenvalue weighted by Gasteiger charge is 2.18. The Kier molecular flexibility index (Phi) is 5.70. The summed E-state index contributed by atoms with van der Waals surface area (Å²) < 4.78 is 5.46. The summed E-state index contributed by atoms with van der Waals surface area (Å²) in [5.41, 5.74) is 1.07. The molecule has 0 aromatic heterocycles. The molecule has 0 radical (unpaired) electrons. The van der Waals surface area contributed by atoms with E-state index in [0.29, 0.717) is 18.9 Å². The summed E-state index contributed by atoms with van der Waals surface area (Å²) in [6.45, 7) is 4.80. The first-order valence-electron chi connectivity index (χ1n) is 5.94. The molecule has 1 aromatic carbocycles. The van der Waals surface area contributed by atoms with E-state index < -0.39 is 11.9 Å². The van der Waals surface area contributed by atoms with Crippen molar-refractivity contribution in [1.29, 1.82) is 0 Å². The zero-order valence-electron chi connectivity index (χ0n) is 10.4. The highest BCUT2D eigenvalue weighted by atomic mass is 16.5. The van der Waals surface area contributed by atoms with Gasteiger partial charge >= 0.3 is 5.97 Å². The molecule has 0 saturated carbocycles. The van der Waals surface area contributed by atoms with Crippen LogP contribution in [0.3, 0.4) is 0 Å². The Morgan fingerprint density at radius 2 is 1.94 bits per heavy atom. The lowest BCUT2D eigenvalue weighted by atomic mass is 9.98. The van der Waals surface area contributed by atoms with Crippen LogP contribution in [0.4, 0.5) is 0 Å². The summed E-state index contributed by atoms with van der Waals surface area (Å²) in [6, 6.07) is 9.78. The molecule has 94 valence electrons. The van der Waals surface area contributed by atoms with Gasteiger partial charge in [0.25, 0.3) is 0 Å². The zero-order valence-corrected chi connectivity index (χ0v) is 10.4. The molecule has 0 fully saturated rings. The lowest BCUT2D eigenvalue weighted by Crippen LogP contribution is -2.21. The first-order chi connectivity index (χ1) is 8.09. The molecular weight excluding hydrogens is 216 g/mol. The quantitative estimate of drug-likeness (QED) is 0.791. The number of rotatable bonds is 7. The lowest BCUT2D eigenvalue weighted by Gasteiger charge is -2.14. The third kappa shape index (κ3) is 5.50. The number of ether oxygens (including phenoxy) is 1. The van der Waals surface area contributed by atoms with Crippen LogP contribution in [0, 0.1) is 11.8 Å². The fourth-order valence-electron chi connectivity index (χ4n) is 1.70. The summed E-state index contributed by atoms with van der Waals surface area (Å²) in [4.78, 5) is 11.0. The molecule has 0 aliphatic carbocycles. The molecule has 1 N–H and O–H groups in total. The molecule has 0 aliphatic heterocycles. The van der Waals surface area contributed by atoms with Crippen molar-refractivity contribution < 1.29 is 14.6 Å². The number of benzene rings is 1. The minimum absolute atomic E-state index is 0.280. The second-order valence-electron chi connectivity index (χ2n) is 4.67. The van der Waals surface area contributed by atoms with Crippen molar-refractivity contribution in [2.75, 3.05) is 6.61 Å².